The molecule has 0 saturated carbocycles. The third kappa shape index (κ3) is 4.61. The maximum atomic E-state index is 14.1. The number of pyridine rings is 1. The van der Waals surface area contributed by atoms with E-state index in [1.54, 1.807) is 18.2 Å². The smallest absolute Gasteiger partial charge is 0.378 e. The Balaban J connectivity index is 1.60. The number of morpholine rings is 1. The Hall–Kier alpha value is -2.55. The first-order chi connectivity index (χ1) is 14.4. The van der Waals surface area contributed by atoms with Crippen molar-refractivity contribution in [1.29, 1.82) is 0 Å². The number of aromatic nitrogens is 1. The third-order valence-electron chi connectivity index (χ3n) is 5.56. The Kier molecular flexibility index (Phi) is 5.99. The van der Waals surface area contributed by atoms with Crippen LogP contribution in [0.4, 0.5) is 34.8 Å². The molecule has 2 aromatic rings. The van der Waals surface area contributed by atoms with Gasteiger partial charge in [-0.1, -0.05) is 6.07 Å². The van der Waals surface area contributed by atoms with Crippen LogP contribution in [0.1, 0.15) is 12.8 Å². The van der Waals surface area contributed by atoms with Crippen LogP contribution in [0.2, 0.25) is 0 Å². The van der Waals surface area contributed by atoms with Gasteiger partial charge in [0.1, 0.15) is 11.6 Å². The van der Waals surface area contributed by atoms with Crippen LogP contribution in [0.15, 0.2) is 42.6 Å². The number of halogens is 4. The zero-order valence-corrected chi connectivity index (χ0v) is 16.5. The lowest BCUT2D eigenvalue weighted by Crippen LogP contribution is -2.54. The molecule has 2 aliphatic heterocycles. The van der Waals surface area contributed by atoms with Gasteiger partial charge in [0.15, 0.2) is 0 Å². The highest BCUT2D eigenvalue weighted by atomic mass is 19.4. The maximum Gasteiger partial charge on any atom is 0.486 e. The van der Waals surface area contributed by atoms with Crippen LogP contribution in [0.5, 0.6) is 0 Å². The van der Waals surface area contributed by atoms with Crippen LogP contribution < -0.4 is 14.7 Å². The molecular weight excluding hydrogens is 400 g/mol. The zero-order valence-electron chi connectivity index (χ0n) is 16.5. The average molecular weight is 424 g/mol. The largest absolute Gasteiger partial charge is 0.486 e. The Morgan fingerprint density at radius 2 is 1.77 bits per heavy atom. The summed E-state index contributed by atoms with van der Waals surface area (Å²) in [7, 11) is 0. The van der Waals surface area contributed by atoms with Crippen molar-refractivity contribution in [3.63, 3.8) is 0 Å². The molecular formula is C21H24F4N4O. The van der Waals surface area contributed by atoms with Gasteiger partial charge in [0.25, 0.3) is 0 Å². The second kappa shape index (κ2) is 8.67. The molecule has 1 aromatic carbocycles. The normalized spacial score (nSPS) is 20.3. The lowest BCUT2D eigenvalue weighted by Gasteiger charge is -2.41. The molecule has 0 spiro atoms. The van der Waals surface area contributed by atoms with Gasteiger partial charge in [-0.05, 0) is 37.1 Å². The lowest BCUT2D eigenvalue weighted by molar-refractivity contribution is -0.135. The molecule has 30 heavy (non-hydrogen) atoms. The molecule has 9 heteroatoms. The first-order valence-corrected chi connectivity index (χ1v) is 10.1. The molecule has 0 bridgehead atoms. The van der Waals surface area contributed by atoms with Crippen LogP contribution in [-0.4, -0.2) is 56.7 Å². The predicted octanol–water partition coefficient (Wildman–Crippen LogP) is 4.05. The number of hydrogen-bond acceptors (Lipinski definition) is 5. The summed E-state index contributed by atoms with van der Waals surface area (Å²) in [4.78, 5) is 8.33. The van der Waals surface area contributed by atoms with Gasteiger partial charge in [0.2, 0.25) is 0 Å². The summed E-state index contributed by atoms with van der Waals surface area (Å²) in [6, 6.07) is 8.40. The van der Waals surface area contributed by atoms with Crippen LogP contribution in [0.3, 0.4) is 0 Å². The van der Waals surface area contributed by atoms with E-state index in [4.69, 9.17) is 4.74 Å². The molecule has 2 aliphatic rings. The number of nitrogens with zero attached hydrogens (tertiary/aromatic N) is 4. The summed E-state index contributed by atoms with van der Waals surface area (Å²) in [5.41, 5.74) is 1.30. The van der Waals surface area contributed by atoms with Gasteiger partial charge in [-0.3, -0.25) is 4.90 Å². The van der Waals surface area contributed by atoms with Crippen molar-refractivity contribution >= 4 is 17.2 Å². The number of benzene rings is 1. The number of hydrogen-bond donors (Lipinski definition) is 0. The molecule has 1 unspecified atom stereocenters. The Morgan fingerprint density at radius 3 is 2.50 bits per heavy atom. The topological polar surface area (TPSA) is 31.8 Å². The van der Waals surface area contributed by atoms with Crippen molar-refractivity contribution in [1.82, 2.24) is 4.98 Å². The van der Waals surface area contributed by atoms with Crippen molar-refractivity contribution in [2.45, 2.75) is 25.2 Å². The van der Waals surface area contributed by atoms with Gasteiger partial charge >= 0.3 is 6.30 Å². The molecule has 0 radical (unpaired) electrons. The number of piperidine rings is 1. The van der Waals surface area contributed by atoms with Crippen LogP contribution in [-0.2, 0) is 4.74 Å². The van der Waals surface area contributed by atoms with Crippen LogP contribution >= 0.6 is 0 Å². The summed E-state index contributed by atoms with van der Waals surface area (Å²) >= 11 is 0. The van der Waals surface area contributed by atoms with E-state index in [1.165, 1.54) is 24.4 Å². The van der Waals surface area contributed by atoms with Crippen molar-refractivity contribution in [3.8, 4) is 0 Å². The molecule has 1 aromatic heterocycles. The maximum absolute atomic E-state index is 14.1. The Labute approximate surface area is 172 Å². The van der Waals surface area contributed by atoms with E-state index >= 15 is 0 Å². The molecule has 5 nitrogen and oxygen atoms in total. The van der Waals surface area contributed by atoms with E-state index < -0.39 is 18.2 Å². The standard InChI is InChI=1S/C21H24F4N4O/c22-16-3-1-4-17(13-16)28-8-2-5-19(15-28)29(21(23,24)25)20-14-18(6-7-26-20)27-9-11-30-12-10-27/h1,3-4,6-7,13-14,19H,2,5,8-12,15H2. The third-order valence-corrected chi connectivity index (χ3v) is 5.56. The van der Waals surface area contributed by atoms with E-state index in [2.05, 4.69) is 4.98 Å². The fourth-order valence-corrected chi connectivity index (χ4v) is 4.15. The second-order valence-electron chi connectivity index (χ2n) is 7.53. The number of alkyl halides is 3. The number of rotatable bonds is 4. The van der Waals surface area contributed by atoms with Crippen molar-refractivity contribution in [2.75, 3.05) is 54.1 Å². The van der Waals surface area contributed by atoms with E-state index in [0.717, 1.165) is 0 Å². The molecule has 4 rings (SSSR count). The summed E-state index contributed by atoms with van der Waals surface area (Å²) in [6.07, 6.45) is -2.19. The van der Waals surface area contributed by atoms with Gasteiger partial charge in [-0.15, -0.1) is 0 Å². The highest BCUT2D eigenvalue weighted by Gasteiger charge is 2.44. The quantitative estimate of drug-likeness (QED) is 0.546. The predicted molar refractivity (Wildman–Crippen MR) is 107 cm³/mol. The van der Waals surface area contributed by atoms with Gasteiger partial charge in [-0.25, -0.2) is 9.37 Å². The average Bonchev–Trinajstić information content (AvgIpc) is 2.74. The molecule has 0 N–H and O–H groups in total. The minimum atomic E-state index is -4.58. The van der Waals surface area contributed by atoms with Gasteiger partial charge in [-0.2, -0.15) is 13.2 Å². The Bertz CT molecular complexity index is 857. The summed E-state index contributed by atoms with van der Waals surface area (Å²) < 4.78 is 61.3. The second-order valence-corrected chi connectivity index (χ2v) is 7.53. The zero-order chi connectivity index (χ0) is 21.1. The molecule has 0 aliphatic carbocycles. The SMILES string of the molecule is Fc1cccc(N2CCCC(N(c3cc(N4CCOCC4)ccn3)C(F)(F)F)C2)c1. The minimum absolute atomic E-state index is 0.113. The monoisotopic (exact) mass is 424 g/mol. The molecule has 2 fully saturated rings. The van der Waals surface area contributed by atoms with Crippen molar-refractivity contribution < 1.29 is 22.3 Å². The highest BCUT2D eigenvalue weighted by molar-refractivity contribution is 5.57. The van der Waals surface area contributed by atoms with Gasteiger partial charge in [0.05, 0.1) is 19.3 Å². The molecule has 1 atom stereocenters. The molecule has 2 saturated heterocycles. The van der Waals surface area contributed by atoms with Gasteiger partial charge < -0.3 is 14.5 Å². The van der Waals surface area contributed by atoms with E-state index in [9.17, 15) is 17.6 Å². The number of anilines is 3. The van der Waals surface area contributed by atoms with E-state index in [-0.39, 0.29) is 12.4 Å². The van der Waals surface area contributed by atoms with Crippen molar-refractivity contribution in [2.24, 2.45) is 0 Å². The lowest BCUT2D eigenvalue weighted by atomic mass is 10.0. The first-order valence-electron chi connectivity index (χ1n) is 10.1. The Morgan fingerprint density at radius 1 is 1.00 bits per heavy atom. The van der Waals surface area contributed by atoms with E-state index in [0.29, 0.717) is 62.0 Å². The fraction of sp³-hybridized carbons (Fsp3) is 0.476. The molecule has 3 heterocycles. The van der Waals surface area contributed by atoms with Crippen LogP contribution in [0, 0.1) is 5.82 Å². The van der Waals surface area contributed by atoms with Crippen molar-refractivity contribution in [3.05, 3.63) is 48.4 Å². The first kappa shape index (κ1) is 20.7. The highest BCUT2D eigenvalue weighted by Crippen LogP contribution is 2.35. The van der Waals surface area contributed by atoms with Gasteiger partial charge in [0, 0.05) is 49.8 Å². The summed E-state index contributed by atoms with van der Waals surface area (Å²) in [6.45, 7) is 3.09. The number of ether oxygens (including phenoxy) is 1. The van der Waals surface area contributed by atoms with E-state index in [1.807, 2.05) is 9.80 Å². The minimum Gasteiger partial charge on any atom is -0.378 e. The summed E-state index contributed by atoms with van der Waals surface area (Å²) in [5, 5.41) is 0. The molecule has 0 amide bonds. The summed E-state index contributed by atoms with van der Waals surface area (Å²) in [5.74, 6) is -0.514. The molecule has 162 valence electrons. The van der Waals surface area contributed by atoms with Crippen LogP contribution in [0.25, 0.3) is 0 Å². The fourth-order valence-electron chi connectivity index (χ4n) is 4.15.